The van der Waals surface area contributed by atoms with Gasteiger partial charge in [0, 0.05) is 32.3 Å². The summed E-state index contributed by atoms with van der Waals surface area (Å²) in [5, 5.41) is 4.19. The number of hydrogen-bond acceptors (Lipinski definition) is 3. The number of amides is 1. The lowest BCUT2D eigenvalue weighted by molar-refractivity contribution is -0.135. The predicted molar refractivity (Wildman–Crippen MR) is 79.8 cm³/mol. The molecule has 1 aromatic rings. The van der Waals surface area contributed by atoms with Gasteiger partial charge in [-0.15, -0.1) is 6.58 Å². The van der Waals surface area contributed by atoms with Crippen molar-refractivity contribution in [1.29, 1.82) is 0 Å². The molecule has 0 bridgehead atoms. The van der Waals surface area contributed by atoms with Crippen LogP contribution in [-0.4, -0.2) is 46.4 Å². The van der Waals surface area contributed by atoms with Gasteiger partial charge in [-0.05, 0) is 30.7 Å². The number of likely N-dealkylation sites (tertiary alicyclic amines) is 1. The molecule has 2 fully saturated rings. The molecule has 1 aliphatic heterocycles. The van der Waals surface area contributed by atoms with Crippen LogP contribution in [0.25, 0.3) is 0 Å². The third-order valence-corrected chi connectivity index (χ3v) is 4.46. The topological polar surface area (TPSA) is 47.4 Å². The lowest BCUT2D eigenvalue weighted by atomic mass is 10.1. The molecule has 1 saturated heterocycles. The third kappa shape index (κ3) is 3.18. The fraction of sp³-hybridized carbons (Fsp3) is 0.625. The maximum absolute atomic E-state index is 12.5. The molecule has 2 atom stereocenters. The van der Waals surface area contributed by atoms with Gasteiger partial charge in [-0.1, -0.05) is 6.08 Å². The quantitative estimate of drug-likeness (QED) is 0.775. The summed E-state index contributed by atoms with van der Waals surface area (Å²) in [6.45, 7) is 5.90. The average molecular weight is 289 g/mol. The minimum absolute atomic E-state index is 0.167. The van der Waals surface area contributed by atoms with Gasteiger partial charge in [0.1, 0.15) is 0 Å². The Morgan fingerprint density at radius 1 is 1.52 bits per heavy atom. The van der Waals surface area contributed by atoms with Crippen molar-refractivity contribution in [3.05, 3.63) is 30.6 Å². The second kappa shape index (κ2) is 6.02. The Labute approximate surface area is 125 Å². The molecule has 1 aromatic heterocycles. The summed E-state index contributed by atoms with van der Waals surface area (Å²) in [7, 11) is 1.91. The maximum atomic E-state index is 12.5. The zero-order chi connectivity index (χ0) is 14.8. The molecule has 2 heterocycles. The van der Waals surface area contributed by atoms with Crippen LogP contribution >= 0.6 is 0 Å². The minimum Gasteiger partial charge on any atom is -0.374 e. The first-order valence-corrected chi connectivity index (χ1v) is 7.69. The highest BCUT2D eigenvalue weighted by Crippen LogP contribution is 2.48. The van der Waals surface area contributed by atoms with E-state index in [4.69, 9.17) is 4.74 Å². The number of nitrogens with zero attached hydrogens (tertiary/aromatic N) is 3. The number of carbonyl (C=O) groups excluding carboxylic acids is 1. The number of hydrogen-bond donors (Lipinski definition) is 0. The van der Waals surface area contributed by atoms with Crippen molar-refractivity contribution >= 4 is 5.91 Å². The summed E-state index contributed by atoms with van der Waals surface area (Å²) in [5.41, 5.74) is 1.19. The average Bonchev–Trinajstić information content (AvgIpc) is 3.19. The lowest BCUT2D eigenvalue weighted by Crippen LogP contribution is -2.41. The molecule has 0 N–H and O–H groups in total. The molecule has 21 heavy (non-hydrogen) atoms. The van der Waals surface area contributed by atoms with Gasteiger partial charge in [0.05, 0.1) is 18.9 Å². The van der Waals surface area contributed by atoms with Gasteiger partial charge >= 0.3 is 0 Å². The van der Waals surface area contributed by atoms with Crippen molar-refractivity contribution in [2.45, 2.75) is 31.3 Å². The van der Waals surface area contributed by atoms with Crippen LogP contribution < -0.4 is 0 Å². The van der Waals surface area contributed by atoms with Crippen LogP contribution in [0.15, 0.2) is 25.0 Å². The van der Waals surface area contributed by atoms with Gasteiger partial charge in [-0.2, -0.15) is 5.10 Å². The molecular weight excluding hydrogens is 266 g/mol. The first kappa shape index (κ1) is 14.3. The third-order valence-electron chi connectivity index (χ3n) is 4.46. The zero-order valence-corrected chi connectivity index (χ0v) is 12.6. The molecule has 0 radical (unpaired) electrons. The highest BCUT2D eigenvalue weighted by atomic mass is 16.5. The first-order chi connectivity index (χ1) is 10.2. The van der Waals surface area contributed by atoms with Crippen LogP contribution in [0, 0.1) is 5.92 Å². The summed E-state index contributed by atoms with van der Waals surface area (Å²) < 4.78 is 7.47. The van der Waals surface area contributed by atoms with E-state index in [1.807, 2.05) is 24.3 Å². The fourth-order valence-corrected chi connectivity index (χ4v) is 3.15. The SMILES string of the molecule is C=CCOC1CCN(C(=O)[C@H]2C[C@H]2c2cnn(C)c2)CC1. The van der Waals surface area contributed by atoms with Crippen LogP contribution in [0.5, 0.6) is 0 Å². The largest absolute Gasteiger partial charge is 0.374 e. The molecule has 1 aliphatic carbocycles. The summed E-state index contributed by atoms with van der Waals surface area (Å²) in [5.74, 6) is 0.854. The lowest BCUT2D eigenvalue weighted by Gasteiger charge is -2.32. The molecule has 114 valence electrons. The van der Waals surface area contributed by atoms with E-state index in [1.165, 1.54) is 5.56 Å². The second-order valence-electron chi connectivity index (χ2n) is 6.04. The monoisotopic (exact) mass is 289 g/mol. The molecule has 1 amide bonds. The fourth-order valence-electron chi connectivity index (χ4n) is 3.15. The number of piperidine rings is 1. The van der Waals surface area contributed by atoms with Crippen molar-refractivity contribution in [2.24, 2.45) is 13.0 Å². The van der Waals surface area contributed by atoms with E-state index in [0.717, 1.165) is 32.4 Å². The van der Waals surface area contributed by atoms with Crippen LogP contribution in [0.4, 0.5) is 0 Å². The van der Waals surface area contributed by atoms with E-state index >= 15 is 0 Å². The number of rotatable bonds is 5. The van der Waals surface area contributed by atoms with Gasteiger partial charge < -0.3 is 9.64 Å². The van der Waals surface area contributed by atoms with Crippen LogP contribution in [0.1, 0.15) is 30.7 Å². The number of ether oxygens (including phenoxy) is 1. The molecular formula is C16H23N3O2. The minimum atomic E-state index is 0.167. The Morgan fingerprint density at radius 3 is 2.90 bits per heavy atom. The van der Waals surface area contributed by atoms with Crippen molar-refractivity contribution < 1.29 is 9.53 Å². The van der Waals surface area contributed by atoms with Crippen molar-refractivity contribution in [3.63, 3.8) is 0 Å². The normalized spacial score (nSPS) is 25.9. The summed E-state index contributed by atoms with van der Waals surface area (Å²) in [6, 6.07) is 0. The Morgan fingerprint density at radius 2 is 2.29 bits per heavy atom. The molecule has 5 nitrogen and oxygen atoms in total. The number of aryl methyl sites for hydroxylation is 1. The predicted octanol–water partition coefficient (Wildman–Crippen LogP) is 1.72. The van der Waals surface area contributed by atoms with Gasteiger partial charge in [-0.25, -0.2) is 0 Å². The van der Waals surface area contributed by atoms with Crippen molar-refractivity contribution in [2.75, 3.05) is 19.7 Å². The summed E-state index contributed by atoms with van der Waals surface area (Å²) in [6.07, 6.45) is 8.80. The van der Waals surface area contributed by atoms with E-state index in [2.05, 4.69) is 11.7 Å². The maximum Gasteiger partial charge on any atom is 0.226 e. The Bertz CT molecular complexity index is 517. The standard InChI is InChI=1S/C16H23N3O2/c1-3-8-21-13-4-6-19(7-5-13)16(20)15-9-14(15)12-10-17-18(2)11-12/h3,10-11,13-15H,1,4-9H2,2H3/t14-,15-/m0/s1. The van der Waals surface area contributed by atoms with Gasteiger partial charge in [0.15, 0.2) is 0 Å². The van der Waals surface area contributed by atoms with Gasteiger partial charge in [0.2, 0.25) is 5.91 Å². The van der Waals surface area contributed by atoms with Crippen LogP contribution in [-0.2, 0) is 16.6 Å². The Hall–Kier alpha value is -1.62. The van der Waals surface area contributed by atoms with E-state index in [1.54, 1.807) is 10.8 Å². The van der Waals surface area contributed by atoms with E-state index in [9.17, 15) is 4.79 Å². The summed E-state index contributed by atoms with van der Waals surface area (Å²) >= 11 is 0. The molecule has 2 aliphatic rings. The van der Waals surface area contributed by atoms with E-state index < -0.39 is 0 Å². The van der Waals surface area contributed by atoms with Gasteiger partial charge in [-0.3, -0.25) is 9.48 Å². The van der Waals surface area contributed by atoms with Crippen LogP contribution in [0.2, 0.25) is 0 Å². The molecule has 3 rings (SSSR count). The molecule has 5 heteroatoms. The number of carbonyl (C=O) groups is 1. The zero-order valence-electron chi connectivity index (χ0n) is 12.6. The Balaban J connectivity index is 1.48. The second-order valence-corrected chi connectivity index (χ2v) is 6.04. The molecule has 1 saturated carbocycles. The smallest absolute Gasteiger partial charge is 0.226 e. The first-order valence-electron chi connectivity index (χ1n) is 7.69. The highest BCUT2D eigenvalue weighted by Gasteiger charge is 2.46. The summed E-state index contributed by atoms with van der Waals surface area (Å²) in [4.78, 5) is 14.5. The van der Waals surface area contributed by atoms with E-state index in [0.29, 0.717) is 18.4 Å². The van der Waals surface area contributed by atoms with Crippen molar-refractivity contribution in [3.8, 4) is 0 Å². The molecule has 0 spiro atoms. The van der Waals surface area contributed by atoms with E-state index in [-0.39, 0.29) is 12.0 Å². The van der Waals surface area contributed by atoms with Gasteiger partial charge in [0.25, 0.3) is 0 Å². The molecule has 0 unspecified atom stereocenters. The molecule has 0 aromatic carbocycles. The Kier molecular flexibility index (Phi) is 4.10. The number of aromatic nitrogens is 2. The van der Waals surface area contributed by atoms with Crippen LogP contribution in [0.3, 0.4) is 0 Å². The highest BCUT2D eigenvalue weighted by molar-refractivity contribution is 5.83. The van der Waals surface area contributed by atoms with Crippen molar-refractivity contribution in [1.82, 2.24) is 14.7 Å².